The van der Waals surface area contributed by atoms with Crippen LogP contribution < -0.4 is 39.4 Å². The number of unbranched alkanes of at least 4 members (excludes halogenated alkanes) is 8. The second-order valence-electron chi connectivity index (χ2n) is 7.41. The topological polar surface area (TPSA) is 86.7 Å². The first-order chi connectivity index (χ1) is 13.9. The predicted octanol–water partition coefficient (Wildman–Crippen LogP) is 2.88. The monoisotopic (exact) mass is 442 g/mol. The zero-order valence-electron chi connectivity index (χ0n) is 18.1. The summed E-state index contributed by atoms with van der Waals surface area (Å²) in [7, 11) is -4.41. The molecule has 0 bridgehead atoms. The van der Waals surface area contributed by atoms with Crippen molar-refractivity contribution in [3.63, 3.8) is 0 Å². The van der Waals surface area contributed by atoms with Crippen molar-refractivity contribution in [2.75, 3.05) is 0 Å². The third-order valence-electron chi connectivity index (χ3n) is 4.91. The summed E-state index contributed by atoms with van der Waals surface area (Å²) in [5, 5.41) is 11.2. The molecule has 0 saturated heterocycles. The zero-order chi connectivity index (χ0) is 21.1. The molecule has 0 fully saturated rings. The number of benzene rings is 2. The fourth-order valence-corrected chi connectivity index (χ4v) is 3.87. The molecule has 7 heteroatoms. The van der Waals surface area contributed by atoms with Crippen molar-refractivity contribution in [1.82, 2.24) is 0 Å². The van der Waals surface area contributed by atoms with E-state index in [1.54, 1.807) is 12.1 Å². The summed E-state index contributed by atoms with van der Waals surface area (Å²) in [5.74, 6) is 0.251. The van der Waals surface area contributed by atoms with Gasteiger partial charge in [0.05, 0.1) is 0 Å². The summed E-state index contributed by atoms with van der Waals surface area (Å²) in [6, 6.07) is 10.4. The Morgan fingerprint density at radius 2 is 1.43 bits per heavy atom. The molecule has 0 aliphatic heterocycles. The van der Waals surface area contributed by atoms with Crippen LogP contribution in [0, 0.1) is 0 Å². The van der Waals surface area contributed by atoms with Crippen LogP contribution in [0.15, 0.2) is 47.4 Å². The van der Waals surface area contributed by atoms with Crippen molar-refractivity contribution in [1.29, 1.82) is 0 Å². The van der Waals surface area contributed by atoms with E-state index in [1.807, 2.05) is 0 Å². The summed E-state index contributed by atoms with van der Waals surface area (Å²) >= 11 is 0. The van der Waals surface area contributed by atoms with E-state index in [2.05, 4.69) is 6.92 Å². The minimum absolute atomic E-state index is 0. The van der Waals surface area contributed by atoms with Crippen LogP contribution in [0.4, 0.5) is 0 Å². The Morgan fingerprint density at radius 1 is 0.867 bits per heavy atom. The third kappa shape index (κ3) is 9.84. The van der Waals surface area contributed by atoms with Crippen LogP contribution in [0.3, 0.4) is 0 Å². The van der Waals surface area contributed by atoms with Gasteiger partial charge in [-0.1, -0.05) is 76.5 Å². The SMILES string of the molecule is CCCCCCCCCCCc1ccc(S(=O)(=O)O)c(Oc2ccc([O-])cc2)c1.[Na+]. The van der Waals surface area contributed by atoms with Crippen LogP contribution in [-0.2, 0) is 16.5 Å². The normalized spacial score (nSPS) is 11.1. The van der Waals surface area contributed by atoms with E-state index >= 15 is 0 Å². The molecule has 0 aromatic heterocycles. The molecule has 0 amide bonds. The van der Waals surface area contributed by atoms with Gasteiger partial charge in [0.2, 0.25) is 0 Å². The van der Waals surface area contributed by atoms with Crippen LogP contribution >= 0.6 is 0 Å². The molecule has 2 aromatic carbocycles. The van der Waals surface area contributed by atoms with Gasteiger partial charge in [0, 0.05) is 0 Å². The summed E-state index contributed by atoms with van der Waals surface area (Å²) in [4.78, 5) is -0.278. The van der Waals surface area contributed by atoms with E-state index in [4.69, 9.17) is 4.74 Å². The second-order valence-corrected chi connectivity index (χ2v) is 8.80. The minimum atomic E-state index is -4.41. The second kappa shape index (κ2) is 14.1. The van der Waals surface area contributed by atoms with E-state index in [-0.39, 0.29) is 46.0 Å². The van der Waals surface area contributed by atoms with E-state index in [0.717, 1.165) is 24.8 Å². The molecule has 0 aliphatic rings. The van der Waals surface area contributed by atoms with Crippen molar-refractivity contribution in [2.45, 2.75) is 76.0 Å². The largest absolute Gasteiger partial charge is 1.00 e. The molecule has 5 nitrogen and oxygen atoms in total. The maximum Gasteiger partial charge on any atom is 1.00 e. The zero-order valence-corrected chi connectivity index (χ0v) is 20.9. The Morgan fingerprint density at radius 3 is 2.00 bits per heavy atom. The average molecular weight is 443 g/mol. The molecule has 160 valence electrons. The molecular formula is C23H31NaO5S. The predicted molar refractivity (Wildman–Crippen MR) is 113 cm³/mol. The van der Waals surface area contributed by atoms with Crippen molar-refractivity contribution >= 4 is 10.1 Å². The number of ether oxygens (including phenoxy) is 1. The fraction of sp³-hybridized carbons (Fsp3) is 0.478. The molecule has 0 spiro atoms. The molecule has 1 N–H and O–H groups in total. The summed E-state index contributed by atoms with van der Waals surface area (Å²) in [6.07, 6.45) is 12.0. The maximum absolute atomic E-state index is 11.7. The van der Waals surface area contributed by atoms with Crippen molar-refractivity contribution in [3.05, 3.63) is 48.0 Å². The Labute approximate surface area is 202 Å². The minimum Gasteiger partial charge on any atom is -0.872 e. The Balaban J connectivity index is 0.00000450. The van der Waals surface area contributed by atoms with Gasteiger partial charge in [0.25, 0.3) is 10.1 Å². The quantitative estimate of drug-likeness (QED) is 0.293. The summed E-state index contributed by atoms with van der Waals surface area (Å²) in [6.45, 7) is 2.22. The summed E-state index contributed by atoms with van der Waals surface area (Å²) in [5.41, 5.74) is 0.954. The standard InChI is InChI=1S/C23H32O5S.Na/c1-2-3-4-5-6-7-8-9-10-11-19-12-17-23(29(25,26)27)22(18-19)28-21-15-13-20(24)14-16-21;/h12-18,24H,2-11H2,1H3,(H,25,26,27);/q;+1/p-1. The number of hydrogen-bond acceptors (Lipinski definition) is 4. The number of rotatable bonds is 13. The van der Waals surface area contributed by atoms with Crippen molar-refractivity contribution in [3.8, 4) is 17.2 Å². The molecule has 0 saturated carbocycles. The number of hydrogen-bond donors (Lipinski definition) is 1. The van der Waals surface area contributed by atoms with Gasteiger partial charge in [0.1, 0.15) is 16.4 Å². The van der Waals surface area contributed by atoms with Crippen molar-refractivity contribution in [2.24, 2.45) is 0 Å². The van der Waals surface area contributed by atoms with E-state index in [9.17, 15) is 18.1 Å². The van der Waals surface area contributed by atoms with Gasteiger partial charge in [-0.15, -0.1) is 5.75 Å². The molecule has 0 unspecified atom stereocenters. The third-order valence-corrected chi connectivity index (χ3v) is 5.80. The van der Waals surface area contributed by atoms with Crippen LogP contribution in [0.5, 0.6) is 17.2 Å². The van der Waals surface area contributed by atoms with Gasteiger partial charge in [0.15, 0.2) is 0 Å². The van der Waals surface area contributed by atoms with Gasteiger partial charge in [-0.25, -0.2) is 0 Å². The fourth-order valence-electron chi connectivity index (χ4n) is 3.28. The van der Waals surface area contributed by atoms with E-state index in [0.29, 0.717) is 5.75 Å². The van der Waals surface area contributed by atoms with Gasteiger partial charge < -0.3 is 9.84 Å². The Kier molecular flexibility index (Phi) is 12.7. The molecule has 30 heavy (non-hydrogen) atoms. The maximum atomic E-state index is 11.7. The number of aryl methyl sites for hydroxylation is 1. The van der Waals surface area contributed by atoms with E-state index < -0.39 is 10.1 Å². The van der Waals surface area contributed by atoms with Gasteiger partial charge in [-0.05, 0) is 42.7 Å². The molecular weight excluding hydrogens is 411 g/mol. The molecule has 0 atom stereocenters. The van der Waals surface area contributed by atoms with Gasteiger partial charge in [-0.2, -0.15) is 8.42 Å². The molecule has 0 heterocycles. The molecule has 0 radical (unpaired) electrons. The Bertz CT molecular complexity index is 850. The van der Waals surface area contributed by atoms with Gasteiger partial charge >= 0.3 is 29.6 Å². The Hall–Kier alpha value is -1.05. The van der Waals surface area contributed by atoms with Crippen LogP contribution in [0.25, 0.3) is 0 Å². The average Bonchev–Trinajstić information content (AvgIpc) is 2.68. The molecule has 2 aromatic rings. The van der Waals surface area contributed by atoms with Gasteiger partial charge in [-0.3, -0.25) is 4.55 Å². The smallest absolute Gasteiger partial charge is 0.872 e. The first kappa shape index (κ1) is 27.0. The van der Waals surface area contributed by atoms with Crippen LogP contribution in [0.2, 0.25) is 0 Å². The van der Waals surface area contributed by atoms with Crippen LogP contribution in [0.1, 0.15) is 70.3 Å². The first-order valence-electron chi connectivity index (χ1n) is 10.5. The first-order valence-corrected chi connectivity index (χ1v) is 11.9. The van der Waals surface area contributed by atoms with E-state index in [1.165, 1.54) is 75.3 Å². The van der Waals surface area contributed by atoms with Crippen LogP contribution in [-0.4, -0.2) is 13.0 Å². The molecule has 0 aliphatic carbocycles. The molecule has 2 rings (SSSR count). The summed E-state index contributed by atoms with van der Waals surface area (Å²) < 4.78 is 38.4. The van der Waals surface area contributed by atoms with Crippen molar-refractivity contribution < 1.29 is 52.4 Å².